The zero-order valence-electron chi connectivity index (χ0n) is 32.2. The Morgan fingerprint density at radius 3 is 1.60 bits per heavy atom. The van der Waals surface area contributed by atoms with Crippen LogP contribution >= 0.6 is 0 Å². The van der Waals surface area contributed by atoms with Crippen LogP contribution in [-0.4, -0.2) is 0 Å². The third-order valence-corrected chi connectivity index (χ3v) is 12.1. The highest BCUT2D eigenvalue weighted by atomic mass is 15.1. The van der Waals surface area contributed by atoms with Crippen molar-refractivity contribution in [2.75, 3.05) is 4.90 Å². The predicted octanol–water partition coefficient (Wildman–Crippen LogP) is 16.2. The van der Waals surface area contributed by atoms with Gasteiger partial charge in [-0.2, -0.15) is 0 Å². The molecule has 0 bridgehead atoms. The van der Waals surface area contributed by atoms with E-state index in [2.05, 4.69) is 211 Å². The Bertz CT molecular complexity index is 2800. The average Bonchev–Trinajstić information content (AvgIpc) is 3.30. The van der Waals surface area contributed by atoms with E-state index in [-0.39, 0.29) is 0 Å². The molecular formula is C56H45N. The SMILES string of the molecule is c1ccc(-c2ccccc2N(c2ccc(-c3ccc(-c4cccc5ccccc45)cc3)cc2)c2ccccc2-c2cccc3cccc(C4CCCCC4)c23)cc1. The number of rotatable bonds is 8. The molecule has 0 heterocycles. The fourth-order valence-electron chi connectivity index (χ4n) is 9.31. The monoisotopic (exact) mass is 731 g/mol. The van der Waals surface area contributed by atoms with E-state index in [1.165, 1.54) is 109 Å². The number of hydrogen-bond acceptors (Lipinski definition) is 1. The molecule has 9 aromatic rings. The van der Waals surface area contributed by atoms with Crippen LogP contribution in [-0.2, 0) is 0 Å². The van der Waals surface area contributed by atoms with Crippen molar-refractivity contribution in [3.05, 3.63) is 212 Å². The number of anilines is 3. The van der Waals surface area contributed by atoms with Gasteiger partial charge in [-0.1, -0.05) is 201 Å². The first-order valence-electron chi connectivity index (χ1n) is 20.5. The van der Waals surface area contributed by atoms with Crippen molar-refractivity contribution >= 4 is 38.6 Å². The lowest BCUT2D eigenvalue weighted by Crippen LogP contribution is -2.12. The van der Waals surface area contributed by atoms with Crippen molar-refractivity contribution in [3.63, 3.8) is 0 Å². The zero-order chi connectivity index (χ0) is 38.0. The molecule has 0 unspecified atom stereocenters. The van der Waals surface area contributed by atoms with Crippen molar-refractivity contribution in [2.45, 2.75) is 38.0 Å². The van der Waals surface area contributed by atoms with Gasteiger partial charge in [0.2, 0.25) is 0 Å². The van der Waals surface area contributed by atoms with Crippen molar-refractivity contribution < 1.29 is 0 Å². The predicted molar refractivity (Wildman–Crippen MR) is 244 cm³/mol. The lowest BCUT2D eigenvalue weighted by atomic mass is 9.80. The molecule has 1 aliphatic rings. The van der Waals surface area contributed by atoms with Gasteiger partial charge in [0, 0.05) is 16.8 Å². The summed E-state index contributed by atoms with van der Waals surface area (Å²) in [7, 11) is 0. The molecule has 0 spiro atoms. The van der Waals surface area contributed by atoms with Gasteiger partial charge in [0.05, 0.1) is 11.4 Å². The summed E-state index contributed by atoms with van der Waals surface area (Å²) in [6.07, 6.45) is 6.51. The Labute approximate surface area is 336 Å². The molecule has 1 fully saturated rings. The van der Waals surface area contributed by atoms with E-state index < -0.39 is 0 Å². The van der Waals surface area contributed by atoms with Crippen LogP contribution < -0.4 is 4.90 Å². The Hall–Kier alpha value is -6.70. The minimum atomic E-state index is 0.597. The van der Waals surface area contributed by atoms with Crippen molar-refractivity contribution in [2.24, 2.45) is 0 Å². The van der Waals surface area contributed by atoms with Crippen LogP contribution in [0.3, 0.4) is 0 Å². The standard InChI is InChI=1S/C56H45N/c1-3-16-43(17-4-1)50-25-9-11-30-54(50)57(47-38-36-41(37-39-47)40-32-34-45(35-33-40)49-27-13-21-42-20-7-8-24-48(42)49)55-31-12-10-26-52(55)53-29-15-23-46-22-14-28-51(56(46)53)44-18-5-2-6-19-44/h1,3-4,7-17,20-39,44H,2,5-6,18-19H2. The number of para-hydroxylation sites is 2. The first kappa shape index (κ1) is 34.8. The summed E-state index contributed by atoms with van der Waals surface area (Å²) in [5, 5.41) is 5.26. The quantitative estimate of drug-likeness (QED) is 0.150. The van der Waals surface area contributed by atoms with Gasteiger partial charge < -0.3 is 4.90 Å². The summed E-state index contributed by atoms with van der Waals surface area (Å²) in [6.45, 7) is 0. The third-order valence-electron chi connectivity index (χ3n) is 12.1. The van der Waals surface area contributed by atoms with E-state index in [4.69, 9.17) is 0 Å². The van der Waals surface area contributed by atoms with Crippen LogP contribution in [0, 0.1) is 0 Å². The molecule has 1 saturated carbocycles. The molecule has 1 heteroatoms. The molecule has 0 atom stereocenters. The molecule has 10 rings (SSSR count). The van der Waals surface area contributed by atoms with Crippen LogP contribution in [0.25, 0.3) is 66.1 Å². The first-order valence-corrected chi connectivity index (χ1v) is 20.5. The smallest absolute Gasteiger partial charge is 0.0540 e. The van der Waals surface area contributed by atoms with E-state index in [1.807, 2.05) is 0 Å². The Morgan fingerprint density at radius 1 is 0.333 bits per heavy atom. The zero-order valence-corrected chi connectivity index (χ0v) is 32.2. The highest BCUT2D eigenvalue weighted by Gasteiger charge is 2.24. The molecule has 1 nitrogen and oxygen atoms in total. The number of benzene rings is 9. The average molecular weight is 732 g/mol. The maximum atomic E-state index is 2.48. The van der Waals surface area contributed by atoms with Gasteiger partial charge in [-0.05, 0) is 104 Å². The number of hydrogen-bond donors (Lipinski definition) is 0. The lowest BCUT2D eigenvalue weighted by molar-refractivity contribution is 0.445. The van der Waals surface area contributed by atoms with Crippen LogP contribution in [0.2, 0.25) is 0 Å². The summed E-state index contributed by atoms with van der Waals surface area (Å²) in [5.74, 6) is 0.597. The van der Waals surface area contributed by atoms with Gasteiger partial charge in [0.15, 0.2) is 0 Å². The van der Waals surface area contributed by atoms with E-state index in [0.717, 1.165) is 11.4 Å². The van der Waals surface area contributed by atoms with Gasteiger partial charge in [-0.3, -0.25) is 0 Å². The fourth-order valence-corrected chi connectivity index (χ4v) is 9.31. The molecule has 9 aromatic carbocycles. The molecular weight excluding hydrogens is 687 g/mol. The number of nitrogens with zero attached hydrogens (tertiary/aromatic N) is 1. The second kappa shape index (κ2) is 15.4. The van der Waals surface area contributed by atoms with Crippen LogP contribution in [0.4, 0.5) is 17.1 Å². The highest BCUT2D eigenvalue weighted by molar-refractivity contribution is 6.04. The highest BCUT2D eigenvalue weighted by Crippen LogP contribution is 2.48. The maximum Gasteiger partial charge on any atom is 0.0540 e. The number of fused-ring (bicyclic) bond motifs is 2. The lowest BCUT2D eigenvalue weighted by Gasteiger charge is -2.31. The van der Waals surface area contributed by atoms with E-state index in [0.29, 0.717) is 5.92 Å². The van der Waals surface area contributed by atoms with Crippen LogP contribution in [0.15, 0.2) is 206 Å². The van der Waals surface area contributed by atoms with Gasteiger partial charge in [-0.25, -0.2) is 0 Å². The molecule has 0 N–H and O–H groups in total. The molecule has 57 heavy (non-hydrogen) atoms. The summed E-state index contributed by atoms with van der Waals surface area (Å²) >= 11 is 0. The molecule has 0 aliphatic heterocycles. The van der Waals surface area contributed by atoms with Crippen LogP contribution in [0.1, 0.15) is 43.6 Å². The minimum Gasteiger partial charge on any atom is -0.309 e. The Kier molecular flexibility index (Phi) is 9.42. The second-order valence-corrected chi connectivity index (χ2v) is 15.5. The Balaban J connectivity index is 1.10. The van der Waals surface area contributed by atoms with Gasteiger partial charge in [-0.15, -0.1) is 0 Å². The third kappa shape index (κ3) is 6.70. The summed E-state index contributed by atoms with van der Waals surface area (Å²) in [5.41, 5.74) is 14.8. The van der Waals surface area contributed by atoms with Crippen molar-refractivity contribution in [1.82, 2.24) is 0 Å². The van der Waals surface area contributed by atoms with E-state index >= 15 is 0 Å². The van der Waals surface area contributed by atoms with Gasteiger partial charge >= 0.3 is 0 Å². The summed E-state index contributed by atoms with van der Waals surface area (Å²) in [4.78, 5) is 2.48. The Morgan fingerprint density at radius 2 is 0.842 bits per heavy atom. The van der Waals surface area contributed by atoms with Crippen LogP contribution in [0.5, 0.6) is 0 Å². The summed E-state index contributed by atoms with van der Waals surface area (Å²) in [6, 6.07) is 75.9. The topological polar surface area (TPSA) is 3.24 Å². The largest absolute Gasteiger partial charge is 0.309 e. The van der Waals surface area contributed by atoms with Crippen molar-refractivity contribution in [1.29, 1.82) is 0 Å². The minimum absolute atomic E-state index is 0.597. The molecule has 1 aliphatic carbocycles. The van der Waals surface area contributed by atoms with E-state index in [1.54, 1.807) is 0 Å². The molecule has 274 valence electrons. The normalized spacial score (nSPS) is 13.2. The maximum absolute atomic E-state index is 2.48. The van der Waals surface area contributed by atoms with E-state index in [9.17, 15) is 0 Å². The molecule has 0 amide bonds. The summed E-state index contributed by atoms with van der Waals surface area (Å²) < 4.78 is 0. The van der Waals surface area contributed by atoms with Gasteiger partial charge in [0.25, 0.3) is 0 Å². The first-order chi connectivity index (χ1) is 28.3. The van der Waals surface area contributed by atoms with Gasteiger partial charge in [0.1, 0.15) is 0 Å². The second-order valence-electron chi connectivity index (χ2n) is 15.5. The molecule has 0 aromatic heterocycles. The molecule has 0 radical (unpaired) electrons. The molecule has 0 saturated heterocycles. The van der Waals surface area contributed by atoms with Crippen molar-refractivity contribution in [3.8, 4) is 44.5 Å². The fraction of sp³-hybridized carbons (Fsp3) is 0.107.